The fourth-order valence-corrected chi connectivity index (χ4v) is 6.14. The largest absolute Gasteiger partial charge is 0.497 e. The maximum atomic E-state index is 13.6. The highest BCUT2D eigenvalue weighted by Gasteiger charge is 2.24. The summed E-state index contributed by atoms with van der Waals surface area (Å²) in [5.41, 5.74) is 2.94. The fourth-order valence-electron chi connectivity index (χ4n) is 4.75. The normalized spacial score (nSPS) is 15.3. The lowest BCUT2D eigenvalue weighted by molar-refractivity contribution is 0.122. The van der Waals surface area contributed by atoms with E-state index >= 15 is 0 Å². The third kappa shape index (κ3) is 4.97. The molecule has 8 heteroatoms. The van der Waals surface area contributed by atoms with Crippen molar-refractivity contribution in [1.29, 1.82) is 0 Å². The standard InChI is InChI=1S/C28H31N3O4S/c1-34-24-8-11-26(12-9-24)36(32,33)31-21-23(27-18-25(35-2)10-13-28(27)31)20-30-16-14-29(15-17-30)19-22-6-4-3-5-7-22/h3-13,18,21H,14-17,19-20H2,1-2H3. The maximum absolute atomic E-state index is 13.6. The van der Waals surface area contributed by atoms with Crippen LogP contribution in [0.1, 0.15) is 11.1 Å². The van der Waals surface area contributed by atoms with Gasteiger partial charge in [-0.1, -0.05) is 30.3 Å². The zero-order valence-electron chi connectivity index (χ0n) is 20.6. The van der Waals surface area contributed by atoms with E-state index < -0.39 is 10.0 Å². The number of piperazine rings is 1. The average molecular weight is 506 g/mol. The summed E-state index contributed by atoms with van der Waals surface area (Å²) < 4.78 is 39.2. The minimum absolute atomic E-state index is 0.220. The first-order chi connectivity index (χ1) is 17.5. The van der Waals surface area contributed by atoms with E-state index in [2.05, 4.69) is 34.1 Å². The van der Waals surface area contributed by atoms with Crippen LogP contribution in [0.2, 0.25) is 0 Å². The molecule has 5 rings (SSSR count). The maximum Gasteiger partial charge on any atom is 0.268 e. The van der Waals surface area contributed by atoms with Gasteiger partial charge in [0.25, 0.3) is 10.0 Å². The smallest absolute Gasteiger partial charge is 0.268 e. The van der Waals surface area contributed by atoms with E-state index in [0.29, 0.717) is 23.6 Å². The quantitative estimate of drug-likeness (QED) is 0.357. The third-order valence-electron chi connectivity index (χ3n) is 6.78. The Morgan fingerprint density at radius 3 is 2.00 bits per heavy atom. The molecule has 0 radical (unpaired) electrons. The molecule has 0 saturated carbocycles. The number of ether oxygens (including phenoxy) is 2. The number of aromatic nitrogens is 1. The lowest BCUT2D eigenvalue weighted by Crippen LogP contribution is -2.45. The van der Waals surface area contributed by atoms with Gasteiger partial charge in [0.2, 0.25) is 0 Å². The Morgan fingerprint density at radius 2 is 1.36 bits per heavy atom. The van der Waals surface area contributed by atoms with Crippen LogP contribution in [-0.4, -0.2) is 62.6 Å². The van der Waals surface area contributed by atoms with Gasteiger partial charge in [-0.2, -0.15) is 0 Å². The van der Waals surface area contributed by atoms with Gasteiger partial charge >= 0.3 is 0 Å². The molecule has 1 fully saturated rings. The number of methoxy groups -OCH3 is 2. The summed E-state index contributed by atoms with van der Waals surface area (Å²) >= 11 is 0. The molecule has 1 aromatic heterocycles. The van der Waals surface area contributed by atoms with E-state index in [1.165, 1.54) is 9.54 Å². The van der Waals surface area contributed by atoms with Crippen molar-refractivity contribution in [2.45, 2.75) is 18.0 Å². The molecule has 36 heavy (non-hydrogen) atoms. The lowest BCUT2D eigenvalue weighted by Gasteiger charge is -2.34. The molecular weight excluding hydrogens is 474 g/mol. The SMILES string of the molecule is COc1ccc(S(=O)(=O)n2cc(CN3CCN(Cc4ccccc4)CC3)c3cc(OC)ccc32)cc1. The first-order valence-electron chi connectivity index (χ1n) is 12.0. The molecule has 0 bridgehead atoms. The highest BCUT2D eigenvalue weighted by Crippen LogP contribution is 2.31. The lowest BCUT2D eigenvalue weighted by atomic mass is 10.1. The Kier molecular flexibility index (Phi) is 7.00. The van der Waals surface area contributed by atoms with Gasteiger partial charge in [-0.25, -0.2) is 12.4 Å². The number of nitrogens with zero attached hydrogens (tertiary/aromatic N) is 3. The van der Waals surface area contributed by atoms with Gasteiger partial charge in [-0.3, -0.25) is 9.80 Å². The van der Waals surface area contributed by atoms with Crippen molar-refractivity contribution in [1.82, 2.24) is 13.8 Å². The summed E-state index contributed by atoms with van der Waals surface area (Å²) in [6.07, 6.45) is 1.76. The van der Waals surface area contributed by atoms with Gasteiger partial charge in [-0.15, -0.1) is 0 Å². The Hall–Kier alpha value is -3.33. The average Bonchev–Trinajstić information content (AvgIpc) is 3.28. The van der Waals surface area contributed by atoms with Gasteiger partial charge in [0.15, 0.2) is 0 Å². The molecule has 1 aliphatic heterocycles. The molecule has 0 N–H and O–H groups in total. The summed E-state index contributed by atoms with van der Waals surface area (Å²) in [4.78, 5) is 5.07. The van der Waals surface area contributed by atoms with Crippen molar-refractivity contribution in [3.05, 3.63) is 90.1 Å². The van der Waals surface area contributed by atoms with Crippen molar-refractivity contribution in [3.63, 3.8) is 0 Å². The highest BCUT2D eigenvalue weighted by molar-refractivity contribution is 7.90. The second-order valence-electron chi connectivity index (χ2n) is 9.05. The number of benzene rings is 3. The van der Waals surface area contributed by atoms with Crippen molar-refractivity contribution >= 4 is 20.9 Å². The molecule has 3 aromatic carbocycles. The Morgan fingerprint density at radius 1 is 0.750 bits per heavy atom. The summed E-state index contributed by atoms with van der Waals surface area (Å²) in [6, 6.07) is 22.6. The Balaban J connectivity index is 1.39. The molecule has 0 amide bonds. The van der Waals surface area contributed by atoms with Gasteiger partial charge in [-0.05, 0) is 53.6 Å². The Labute approximate surface area is 212 Å². The van der Waals surface area contributed by atoms with Gasteiger partial charge in [0, 0.05) is 50.9 Å². The molecule has 7 nitrogen and oxygen atoms in total. The molecule has 1 saturated heterocycles. The van der Waals surface area contributed by atoms with Crippen LogP contribution in [-0.2, 0) is 23.1 Å². The second kappa shape index (κ2) is 10.3. The molecular formula is C28H31N3O4S. The van der Waals surface area contributed by atoms with E-state index in [9.17, 15) is 8.42 Å². The summed E-state index contributed by atoms with van der Waals surface area (Å²) in [5.74, 6) is 1.32. The predicted molar refractivity (Wildman–Crippen MR) is 141 cm³/mol. The predicted octanol–water partition coefficient (Wildman–Crippen LogP) is 4.21. The molecule has 0 atom stereocenters. The van der Waals surface area contributed by atoms with Crippen LogP contribution in [0.5, 0.6) is 11.5 Å². The number of hydrogen-bond acceptors (Lipinski definition) is 6. The van der Waals surface area contributed by atoms with Crippen molar-refractivity contribution in [3.8, 4) is 11.5 Å². The van der Waals surface area contributed by atoms with Gasteiger partial charge in [0.1, 0.15) is 11.5 Å². The van der Waals surface area contributed by atoms with Crippen LogP contribution < -0.4 is 9.47 Å². The van der Waals surface area contributed by atoms with Gasteiger partial charge in [0.05, 0.1) is 24.6 Å². The van der Waals surface area contributed by atoms with E-state index in [0.717, 1.165) is 43.7 Å². The van der Waals surface area contributed by atoms with Gasteiger partial charge < -0.3 is 9.47 Å². The fraction of sp³-hybridized carbons (Fsp3) is 0.286. The summed E-state index contributed by atoms with van der Waals surface area (Å²) in [5, 5.41) is 0.887. The molecule has 4 aromatic rings. The molecule has 2 heterocycles. The number of hydrogen-bond donors (Lipinski definition) is 0. The van der Waals surface area contributed by atoms with E-state index in [1.54, 1.807) is 50.7 Å². The first-order valence-corrected chi connectivity index (χ1v) is 13.5. The van der Waals surface area contributed by atoms with E-state index in [1.807, 2.05) is 18.2 Å². The molecule has 1 aliphatic rings. The van der Waals surface area contributed by atoms with Crippen molar-refractivity contribution < 1.29 is 17.9 Å². The zero-order valence-corrected chi connectivity index (χ0v) is 21.4. The van der Waals surface area contributed by atoms with E-state index in [4.69, 9.17) is 9.47 Å². The monoisotopic (exact) mass is 505 g/mol. The first kappa shape index (κ1) is 24.4. The van der Waals surface area contributed by atoms with Crippen LogP contribution in [0, 0.1) is 0 Å². The van der Waals surface area contributed by atoms with Crippen LogP contribution in [0.3, 0.4) is 0 Å². The van der Waals surface area contributed by atoms with E-state index in [-0.39, 0.29) is 4.90 Å². The molecule has 0 unspecified atom stereocenters. The Bertz CT molecular complexity index is 1430. The third-order valence-corrected chi connectivity index (χ3v) is 8.47. The summed E-state index contributed by atoms with van der Waals surface area (Å²) in [6.45, 7) is 5.42. The highest BCUT2D eigenvalue weighted by atomic mass is 32.2. The number of rotatable bonds is 8. The van der Waals surface area contributed by atoms with Crippen LogP contribution in [0.4, 0.5) is 0 Å². The molecule has 0 spiro atoms. The minimum Gasteiger partial charge on any atom is -0.497 e. The number of fused-ring (bicyclic) bond motifs is 1. The van der Waals surface area contributed by atoms with Crippen LogP contribution in [0.15, 0.2) is 83.9 Å². The van der Waals surface area contributed by atoms with Crippen molar-refractivity contribution in [2.75, 3.05) is 40.4 Å². The topological polar surface area (TPSA) is 64.0 Å². The molecule has 0 aliphatic carbocycles. The molecule has 188 valence electrons. The summed E-state index contributed by atoms with van der Waals surface area (Å²) in [7, 11) is -0.597. The van der Waals surface area contributed by atoms with Crippen molar-refractivity contribution in [2.24, 2.45) is 0 Å². The minimum atomic E-state index is -3.78. The van der Waals surface area contributed by atoms with Crippen LogP contribution >= 0.6 is 0 Å². The second-order valence-corrected chi connectivity index (χ2v) is 10.9. The van der Waals surface area contributed by atoms with Crippen LogP contribution in [0.25, 0.3) is 10.9 Å². The zero-order chi connectivity index (χ0) is 25.1.